The van der Waals surface area contributed by atoms with E-state index in [1.165, 1.54) is 0 Å². The summed E-state index contributed by atoms with van der Waals surface area (Å²) in [4.78, 5) is 5.32. The summed E-state index contributed by atoms with van der Waals surface area (Å²) in [6, 6.07) is 5.82. The van der Waals surface area contributed by atoms with Crippen molar-refractivity contribution in [1.82, 2.24) is 5.48 Å². The first-order valence-corrected chi connectivity index (χ1v) is 7.05. The molecule has 1 rings (SSSR count). The van der Waals surface area contributed by atoms with Crippen LogP contribution in [0.3, 0.4) is 0 Å². The van der Waals surface area contributed by atoms with Gasteiger partial charge in [0.2, 0.25) is 0 Å². The molecular formula is C14H22BrNO3. The number of nitrogens with one attached hydrogen (secondary N) is 1. The highest BCUT2D eigenvalue weighted by atomic mass is 79.9. The van der Waals surface area contributed by atoms with Crippen molar-refractivity contribution in [3.05, 3.63) is 28.2 Å². The third-order valence-electron chi connectivity index (χ3n) is 2.22. The summed E-state index contributed by atoms with van der Waals surface area (Å²) in [6.07, 6.45) is -0.629. The van der Waals surface area contributed by atoms with E-state index in [2.05, 4.69) is 21.4 Å². The first-order chi connectivity index (χ1) is 8.78. The van der Waals surface area contributed by atoms with Crippen LogP contribution in [0.1, 0.15) is 26.3 Å². The van der Waals surface area contributed by atoms with E-state index < -0.39 is 6.10 Å². The van der Waals surface area contributed by atoms with Crippen LogP contribution in [0.15, 0.2) is 22.7 Å². The lowest BCUT2D eigenvalue weighted by Crippen LogP contribution is -2.36. The Bertz CT molecular complexity index is 404. The Labute approximate surface area is 123 Å². The molecule has 0 aliphatic heterocycles. The Morgan fingerprint density at radius 2 is 2.05 bits per heavy atom. The van der Waals surface area contributed by atoms with Gasteiger partial charge in [0.15, 0.2) is 0 Å². The molecule has 0 saturated carbocycles. The molecule has 0 aromatic heterocycles. The topological polar surface area (TPSA) is 50.7 Å². The first kappa shape index (κ1) is 16.4. The Morgan fingerprint density at radius 3 is 2.63 bits per heavy atom. The van der Waals surface area contributed by atoms with E-state index in [1.54, 1.807) is 0 Å². The fourth-order valence-corrected chi connectivity index (χ4v) is 1.93. The lowest BCUT2D eigenvalue weighted by Gasteiger charge is -2.21. The molecule has 0 aliphatic rings. The first-order valence-electron chi connectivity index (χ1n) is 6.26. The zero-order valence-electron chi connectivity index (χ0n) is 11.9. The van der Waals surface area contributed by atoms with Crippen LogP contribution in [0.4, 0.5) is 0 Å². The summed E-state index contributed by atoms with van der Waals surface area (Å²) < 4.78 is 6.43. The Morgan fingerprint density at radius 1 is 1.37 bits per heavy atom. The number of benzene rings is 1. The van der Waals surface area contributed by atoms with Crippen LogP contribution >= 0.6 is 15.9 Å². The number of aliphatic hydroxyl groups is 1. The van der Waals surface area contributed by atoms with Crippen molar-refractivity contribution in [2.45, 2.75) is 39.4 Å². The number of hydrogen-bond acceptors (Lipinski definition) is 4. The van der Waals surface area contributed by atoms with E-state index in [4.69, 9.17) is 9.57 Å². The normalized spacial score (nSPS) is 13.4. The van der Waals surface area contributed by atoms with E-state index in [9.17, 15) is 5.11 Å². The second kappa shape index (κ2) is 7.24. The van der Waals surface area contributed by atoms with Crippen molar-refractivity contribution in [1.29, 1.82) is 0 Å². The highest BCUT2D eigenvalue weighted by Gasteiger charge is 2.12. The van der Waals surface area contributed by atoms with Crippen LogP contribution in [0.25, 0.3) is 0 Å². The van der Waals surface area contributed by atoms with Crippen molar-refractivity contribution in [3.63, 3.8) is 0 Å². The molecule has 0 aliphatic carbocycles. The number of hydrogen-bond donors (Lipinski definition) is 2. The third-order valence-corrected chi connectivity index (χ3v) is 2.84. The van der Waals surface area contributed by atoms with E-state index >= 15 is 0 Å². The summed E-state index contributed by atoms with van der Waals surface area (Å²) in [5.74, 6) is 0.724. The molecular weight excluding hydrogens is 310 g/mol. The molecule has 1 atom stereocenters. The van der Waals surface area contributed by atoms with Crippen LogP contribution in [-0.2, 0) is 4.84 Å². The van der Waals surface area contributed by atoms with E-state index in [0.29, 0.717) is 6.54 Å². The number of rotatable bonds is 6. The maximum Gasteiger partial charge on any atom is 0.133 e. The van der Waals surface area contributed by atoms with Gasteiger partial charge >= 0.3 is 0 Å². The predicted molar refractivity (Wildman–Crippen MR) is 79.2 cm³/mol. The smallest absolute Gasteiger partial charge is 0.133 e. The lowest BCUT2D eigenvalue weighted by atomic mass is 10.2. The van der Waals surface area contributed by atoms with Gasteiger partial charge in [-0.1, -0.05) is 6.07 Å². The standard InChI is InChI=1S/C14H22BrNO3/c1-10-5-6-13(12(15)7-10)18-9-11(17)8-16-19-14(2,3)4/h5-7,11,16-17H,8-9H2,1-4H3. The molecule has 1 aromatic rings. The minimum atomic E-state index is -0.629. The number of aliphatic hydroxyl groups excluding tert-OH is 1. The van der Waals surface area contributed by atoms with Gasteiger partial charge in [0, 0.05) is 0 Å². The average molecular weight is 332 g/mol. The van der Waals surface area contributed by atoms with Crippen LogP contribution in [0.5, 0.6) is 5.75 Å². The van der Waals surface area contributed by atoms with Crippen molar-refractivity contribution in [2.75, 3.05) is 13.2 Å². The van der Waals surface area contributed by atoms with Crippen LogP contribution in [-0.4, -0.2) is 30.0 Å². The van der Waals surface area contributed by atoms with Gasteiger partial charge < -0.3 is 9.84 Å². The second-order valence-electron chi connectivity index (χ2n) is 5.46. The Hall–Kier alpha value is -0.620. The fraction of sp³-hybridized carbons (Fsp3) is 0.571. The highest BCUT2D eigenvalue weighted by molar-refractivity contribution is 9.10. The molecule has 0 spiro atoms. The second-order valence-corrected chi connectivity index (χ2v) is 6.32. The fourth-order valence-electron chi connectivity index (χ4n) is 1.32. The monoisotopic (exact) mass is 331 g/mol. The van der Waals surface area contributed by atoms with Crippen LogP contribution in [0, 0.1) is 6.92 Å². The largest absolute Gasteiger partial charge is 0.490 e. The molecule has 2 N–H and O–H groups in total. The van der Waals surface area contributed by atoms with Crippen molar-refractivity contribution < 1.29 is 14.7 Å². The third kappa shape index (κ3) is 6.92. The van der Waals surface area contributed by atoms with Crippen LogP contribution < -0.4 is 10.2 Å². The molecule has 108 valence electrons. The van der Waals surface area contributed by atoms with Crippen molar-refractivity contribution in [2.24, 2.45) is 0 Å². The quantitative estimate of drug-likeness (QED) is 0.787. The van der Waals surface area contributed by atoms with E-state index in [-0.39, 0.29) is 12.2 Å². The molecule has 19 heavy (non-hydrogen) atoms. The molecule has 0 amide bonds. The number of ether oxygens (including phenoxy) is 1. The van der Waals surface area contributed by atoms with Gasteiger partial charge in [-0.05, 0) is 61.3 Å². The summed E-state index contributed by atoms with van der Waals surface area (Å²) >= 11 is 3.43. The highest BCUT2D eigenvalue weighted by Crippen LogP contribution is 2.25. The van der Waals surface area contributed by atoms with Gasteiger partial charge in [0.1, 0.15) is 18.5 Å². The molecule has 1 aromatic carbocycles. The Balaban J connectivity index is 2.32. The van der Waals surface area contributed by atoms with Gasteiger partial charge in [0.05, 0.1) is 16.6 Å². The molecule has 0 radical (unpaired) electrons. The minimum absolute atomic E-state index is 0.210. The maximum atomic E-state index is 9.77. The lowest BCUT2D eigenvalue weighted by molar-refractivity contribution is -0.0857. The van der Waals surface area contributed by atoms with Gasteiger partial charge in [-0.2, -0.15) is 5.48 Å². The number of hydroxylamine groups is 1. The summed E-state index contributed by atoms with van der Waals surface area (Å²) in [5, 5.41) is 9.77. The van der Waals surface area contributed by atoms with Gasteiger partial charge in [0.25, 0.3) is 0 Å². The van der Waals surface area contributed by atoms with E-state index in [0.717, 1.165) is 15.8 Å². The SMILES string of the molecule is Cc1ccc(OCC(O)CNOC(C)(C)C)c(Br)c1. The maximum absolute atomic E-state index is 9.77. The predicted octanol–water partition coefficient (Wildman–Crippen LogP) is 2.82. The number of aryl methyl sites for hydroxylation is 1. The summed E-state index contributed by atoms with van der Waals surface area (Å²) in [6.45, 7) is 8.35. The molecule has 1 unspecified atom stereocenters. The zero-order chi connectivity index (χ0) is 14.5. The van der Waals surface area contributed by atoms with Gasteiger partial charge in [-0.25, -0.2) is 0 Å². The average Bonchev–Trinajstić information content (AvgIpc) is 2.26. The molecule has 4 nitrogen and oxygen atoms in total. The summed E-state index contributed by atoms with van der Waals surface area (Å²) in [7, 11) is 0. The molecule has 0 fully saturated rings. The molecule has 0 saturated heterocycles. The van der Waals surface area contributed by atoms with Crippen molar-refractivity contribution in [3.8, 4) is 5.75 Å². The molecule has 0 bridgehead atoms. The van der Waals surface area contributed by atoms with Crippen LogP contribution in [0.2, 0.25) is 0 Å². The van der Waals surface area contributed by atoms with Gasteiger partial charge in [-0.3, -0.25) is 4.84 Å². The minimum Gasteiger partial charge on any atom is -0.490 e. The van der Waals surface area contributed by atoms with Gasteiger partial charge in [-0.15, -0.1) is 0 Å². The zero-order valence-corrected chi connectivity index (χ0v) is 13.5. The summed E-state index contributed by atoms with van der Waals surface area (Å²) in [5.41, 5.74) is 3.62. The van der Waals surface area contributed by atoms with E-state index in [1.807, 2.05) is 45.9 Å². The molecule has 5 heteroatoms. The number of halogens is 1. The van der Waals surface area contributed by atoms with Crippen molar-refractivity contribution >= 4 is 15.9 Å². The Kier molecular flexibility index (Phi) is 6.26. The molecule has 0 heterocycles.